The Labute approximate surface area is 262 Å². The predicted octanol–water partition coefficient (Wildman–Crippen LogP) is 1.61. The van der Waals surface area contributed by atoms with Gasteiger partial charge < -0.3 is 25.7 Å². The molecule has 18 heteroatoms. The highest BCUT2D eigenvalue weighted by atomic mass is 32.3. The molecule has 45 heavy (non-hydrogen) atoms. The van der Waals surface area contributed by atoms with Gasteiger partial charge in [-0.25, -0.2) is 9.78 Å². The Hall–Kier alpha value is -4.23. The maximum atomic E-state index is 13.3. The summed E-state index contributed by atoms with van der Waals surface area (Å²) in [7, 11) is -3.09. The number of rotatable bonds is 16. The summed E-state index contributed by atoms with van der Waals surface area (Å²) < 4.78 is 41.1. The monoisotopic (exact) mass is 664 g/mol. The number of nitrogen functional groups attached to an aromatic ring is 1. The molecule has 2 aromatic heterocycles. The maximum Gasteiger partial charge on any atom is 0.418 e. The summed E-state index contributed by atoms with van der Waals surface area (Å²) in [4.78, 5) is 51.7. The van der Waals surface area contributed by atoms with Crippen molar-refractivity contribution in [3.8, 4) is 5.75 Å². The van der Waals surface area contributed by atoms with Crippen LogP contribution in [-0.4, -0.2) is 88.3 Å². The summed E-state index contributed by atoms with van der Waals surface area (Å²) in [5, 5.41) is 19.4. The number of aromatic nitrogens is 2. The highest BCUT2D eigenvalue weighted by Gasteiger charge is 2.57. The molecule has 1 saturated heterocycles. The molecule has 1 amide bonds. The standard InChI is InChI=1S/C27H32N6O10S2/c1-27(2)18(24(35)33(27)43-45(38,39)40)12-21(34)23(20-14-44-26(28)31-20)32-42-22(25(36)37)13-41-17-8-9-19-15(11-17)6-7-16(30-19)5-4-10-29-3/h6-9,11,14,18,22,29H,4-5,10,12-13H2,1-3H3,(H2,28,31)(H,36,37)(H,38,39,40)/b32-23-/t18?,22-/m0/s1. The molecule has 5 N–H and O–H groups in total. The van der Waals surface area contributed by atoms with Crippen molar-refractivity contribution in [1.82, 2.24) is 20.3 Å². The van der Waals surface area contributed by atoms with E-state index >= 15 is 0 Å². The number of hydrogen-bond acceptors (Lipinski definition) is 14. The maximum absolute atomic E-state index is 13.3. The van der Waals surface area contributed by atoms with Crippen LogP contribution in [0.1, 0.15) is 38.1 Å². The number of oxime groups is 1. The summed E-state index contributed by atoms with van der Waals surface area (Å²) >= 11 is 0.990. The van der Waals surface area contributed by atoms with Gasteiger partial charge in [-0.15, -0.1) is 15.6 Å². The molecule has 0 radical (unpaired) electrons. The van der Waals surface area contributed by atoms with Crippen LogP contribution in [0, 0.1) is 5.92 Å². The molecule has 3 aromatic rings. The zero-order valence-electron chi connectivity index (χ0n) is 24.5. The SMILES string of the molecule is CNCCCc1ccc2cc(OC[C@H](O/N=C(\C(=O)CC3C(=O)N(OS(=O)(=O)O)C3(C)C)c3csc(N)n3)C(=O)O)ccc2n1. The number of amides is 1. The van der Waals surface area contributed by atoms with E-state index in [0.717, 1.165) is 47.3 Å². The normalized spacial score (nSPS) is 17.2. The van der Waals surface area contributed by atoms with E-state index in [2.05, 4.69) is 24.7 Å². The third-order valence-corrected chi connectivity index (χ3v) is 8.00. The van der Waals surface area contributed by atoms with Crippen molar-refractivity contribution in [3.05, 3.63) is 47.1 Å². The highest BCUT2D eigenvalue weighted by Crippen LogP contribution is 2.40. The van der Waals surface area contributed by atoms with E-state index in [1.807, 2.05) is 19.2 Å². The number of ketones is 1. The van der Waals surface area contributed by atoms with Crippen molar-refractivity contribution in [1.29, 1.82) is 0 Å². The first-order chi connectivity index (χ1) is 21.2. The molecule has 1 unspecified atom stereocenters. The number of carbonyl (C=O) groups is 3. The molecule has 3 heterocycles. The van der Waals surface area contributed by atoms with Crippen LogP contribution in [0.2, 0.25) is 0 Å². The summed E-state index contributed by atoms with van der Waals surface area (Å²) in [5.74, 6) is -3.78. The molecular formula is C27H32N6O10S2. The topological polar surface area (TPSA) is 233 Å². The van der Waals surface area contributed by atoms with Crippen molar-refractivity contribution < 1.29 is 46.3 Å². The number of nitrogens with two attached hydrogens (primary N) is 1. The summed E-state index contributed by atoms with van der Waals surface area (Å²) in [6.07, 6.45) is -0.374. The van der Waals surface area contributed by atoms with E-state index < -0.39 is 64.4 Å². The second-order valence-electron chi connectivity index (χ2n) is 10.6. The molecule has 0 spiro atoms. The molecule has 0 saturated carbocycles. The Bertz CT molecular complexity index is 1730. The number of fused-ring (bicyclic) bond motifs is 1. The van der Waals surface area contributed by atoms with Crippen LogP contribution >= 0.6 is 11.3 Å². The number of carbonyl (C=O) groups excluding carboxylic acids is 2. The Morgan fingerprint density at radius 1 is 1.24 bits per heavy atom. The molecule has 1 fully saturated rings. The minimum atomic E-state index is -4.98. The minimum Gasteiger partial charge on any atom is -0.489 e. The van der Waals surface area contributed by atoms with Gasteiger partial charge in [0.25, 0.3) is 12.0 Å². The van der Waals surface area contributed by atoms with Crippen molar-refractivity contribution in [2.75, 3.05) is 25.9 Å². The van der Waals surface area contributed by atoms with Gasteiger partial charge in [-0.05, 0) is 64.5 Å². The molecule has 16 nitrogen and oxygen atoms in total. The smallest absolute Gasteiger partial charge is 0.418 e. The molecule has 2 atom stereocenters. The number of β-lactam (4-membered cyclic amide) rings is 1. The average molecular weight is 665 g/mol. The van der Waals surface area contributed by atoms with Gasteiger partial charge in [0.2, 0.25) is 0 Å². The Morgan fingerprint density at radius 3 is 2.62 bits per heavy atom. The van der Waals surface area contributed by atoms with Crippen LogP contribution in [-0.2, 0) is 40.3 Å². The number of pyridine rings is 1. The summed E-state index contributed by atoms with van der Waals surface area (Å²) in [6, 6.07) is 8.94. The molecule has 242 valence electrons. The van der Waals surface area contributed by atoms with Crippen LogP contribution < -0.4 is 15.8 Å². The number of benzene rings is 1. The number of aryl methyl sites for hydroxylation is 1. The predicted molar refractivity (Wildman–Crippen MR) is 162 cm³/mol. The Balaban J connectivity index is 1.46. The fourth-order valence-corrected chi connectivity index (χ4v) is 5.54. The van der Waals surface area contributed by atoms with E-state index in [-0.39, 0.29) is 10.8 Å². The van der Waals surface area contributed by atoms with Crippen molar-refractivity contribution >= 4 is 61.1 Å². The molecular weight excluding hydrogens is 632 g/mol. The van der Waals surface area contributed by atoms with Crippen LogP contribution in [0.5, 0.6) is 5.75 Å². The van der Waals surface area contributed by atoms with Crippen molar-refractivity contribution in [2.45, 2.75) is 44.8 Å². The van der Waals surface area contributed by atoms with Gasteiger partial charge in [0, 0.05) is 22.9 Å². The first-order valence-electron chi connectivity index (χ1n) is 13.6. The largest absolute Gasteiger partial charge is 0.489 e. The van der Waals surface area contributed by atoms with E-state index in [4.69, 9.17) is 19.9 Å². The lowest BCUT2D eigenvalue weighted by Crippen LogP contribution is -2.68. The van der Waals surface area contributed by atoms with Gasteiger partial charge in [-0.2, -0.15) is 13.5 Å². The molecule has 1 aliphatic heterocycles. The van der Waals surface area contributed by atoms with Crippen LogP contribution in [0.25, 0.3) is 10.9 Å². The molecule has 1 aromatic carbocycles. The lowest BCUT2D eigenvalue weighted by molar-refractivity contribution is -0.228. The molecule has 0 aliphatic carbocycles. The fraction of sp³-hybridized carbons (Fsp3) is 0.407. The second-order valence-corrected chi connectivity index (χ2v) is 12.5. The van der Waals surface area contributed by atoms with Gasteiger partial charge in [-0.3, -0.25) is 19.1 Å². The number of hydrogen-bond donors (Lipinski definition) is 4. The van der Waals surface area contributed by atoms with Gasteiger partial charge in [0.15, 0.2) is 16.6 Å². The number of hydroxylamine groups is 2. The van der Waals surface area contributed by atoms with Crippen molar-refractivity contribution in [2.24, 2.45) is 11.1 Å². The number of aliphatic carboxylic acids is 1. The van der Waals surface area contributed by atoms with Crippen molar-refractivity contribution in [3.63, 3.8) is 0 Å². The fourth-order valence-electron chi connectivity index (χ4n) is 4.54. The lowest BCUT2D eigenvalue weighted by Gasteiger charge is -2.50. The zero-order valence-corrected chi connectivity index (χ0v) is 26.1. The minimum absolute atomic E-state index is 0.0180. The van der Waals surface area contributed by atoms with E-state index in [0.29, 0.717) is 10.8 Å². The lowest BCUT2D eigenvalue weighted by atomic mass is 9.74. The van der Waals surface area contributed by atoms with Crippen LogP contribution in [0.4, 0.5) is 5.13 Å². The number of carboxylic acid groups (broad SMARTS) is 1. The third-order valence-electron chi connectivity index (χ3n) is 6.99. The van der Waals surface area contributed by atoms with Gasteiger partial charge in [0.1, 0.15) is 18.1 Å². The van der Waals surface area contributed by atoms with Crippen LogP contribution in [0.3, 0.4) is 0 Å². The second kappa shape index (κ2) is 13.8. The summed E-state index contributed by atoms with van der Waals surface area (Å²) in [5.41, 5.74) is 5.68. The number of ether oxygens (including phenoxy) is 1. The third kappa shape index (κ3) is 8.28. The molecule has 0 bridgehead atoms. The number of Topliss-reactive ketones (excluding diaryl/α,β-unsaturated/α-hetero) is 1. The van der Waals surface area contributed by atoms with E-state index in [1.54, 1.807) is 18.2 Å². The first kappa shape index (κ1) is 33.7. The van der Waals surface area contributed by atoms with E-state index in [9.17, 15) is 27.9 Å². The first-order valence-corrected chi connectivity index (χ1v) is 15.8. The number of anilines is 1. The number of carboxylic acids is 1. The van der Waals surface area contributed by atoms with Crippen LogP contribution in [0.15, 0.2) is 40.9 Å². The highest BCUT2D eigenvalue weighted by molar-refractivity contribution is 7.80. The van der Waals surface area contributed by atoms with E-state index in [1.165, 1.54) is 19.2 Å². The zero-order chi connectivity index (χ0) is 32.9. The van der Waals surface area contributed by atoms with Gasteiger partial charge >= 0.3 is 16.4 Å². The average Bonchev–Trinajstić information content (AvgIpc) is 3.41. The van der Waals surface area contributed by atoms with Gasteiger partial charge in [0.05, 0.1) is 17.0 Å². The van der Waals surface area contributed by atoms with Gasteiger partial charge in [-0.1, -0.05) is 11.2 Å². The quantitative estimate of drug-likeness (QED) is 0.0560. The molecule has 1 aliphatic rings. The Morgan fingerprint density at radius 2 is 2.00 bits per heavy atom. The number of thiazole rings is 1. The summed E-state index contributed by atoms with van der Waals surface area (Å²) in [6.45, 7) is 3.26. The Kier molecular flexibility index (Phi) is 10.3. The molecule has 4 rings (SSSR count). The number of nitrogens with zero attached hydrogens (tertiary/aromatic N) is 4. The number of nitrogens with one attached hydrogen (secondary N) is 1.